The molecule has 8 nitrogen and oxygen atoms in total. The predicted molar refractivity (Wildman–Crippen MR) is 93.4 cm³/mol. The summed E-state index contributed by atoms with van der Waals surface area (Å²) in [6.45, 7) is 2.54. The molecule has 0 unspecified atom stereocenters. The zero-order valence-corrected chi connectivity index (χ0v) is 14.6. The van der Waals surface area contributed by atoms with Gasteiger partial charge in [0, 0.05) is 38.3 Å². The minimum atomic E-state index is -0.0928. The smallest absolute Gasteiger partial charge is 0.231 e. The number of amides is 1. The Labute approximate surface area is 151 Å². The summed E-state index contributed by atoms with van der Waals surface area (Å²) in [5, 5.41) is 10.5. The van der Waals surface area contributed by atoms with Gasteiger partial charge in [-0.05, 0) is 17.7 Å². The summed E-state index contributed by atoms with van der Waals surface area (Å²) in [6, 6.07) is 5.44. The van der Waals surface area contributed by atoms with Crippen LogP contribution in [-0.2, 0) is 11.8 Å². The Morgan fingerprint density at radius 2 is 2.27 bits per heavy atom. The highest BCUT2D eigenvalue weighted by atomic mass is 16.7. The Morgan fingerprint density at radius 1 is 1.38 bits per heavy atom. The summed E-state index contributed by atoms with van der Waals surface area (Å²) in [6.07, 6.45) is 3.81. The second kappa shape index (κ2) is 7.25. The number of nitrogens with one attached hydrogen (secondary N) is 2. The summed E-state index contributed by atoms with van der Waals surface area (Å²) < 4.78 is 18.0. The van der Waals surface area contributed by atoms with Crippen LogP contribution in [-0.4, -0.2) is 48.7 Å². The van der Waals surface area contributed by atoms with Gasteiger partial charge in [0.05, 0.1) is 18.7 Å². The molecule has 4 rings (SSSR count). The average Bonchev–Trinajstić information content (AvgIpc) is 3.37. The van der Waals surface area contributed by atoms with E-state index in [1.54, 1.807) is 10.7 Å². The van der Waals surface area contributed by atoms with E-state index in [0.29, 0.717) is 31.2 Å². The van der Waals surface area contributed by atoms with Crippen LogP contribution in [0.4, 0.5) is 0 Å². The van der Waals surface area contributed by atoms with Crippen molar-refractivity contribution in [3.63, 3.8) is 0 Å². The lowest BCUT2D eigenvalue weighted by Gasteiger charge is -2.17. The number of carbonyl (C=O) groups is 1. The lowest BCUT2D eigenvalue weighted by molar-refractivity contribution is -0.124. The van der Waals surface area contributed by atoms with Crippen LogP contribution in [0.5, 0.6) is 17.2 Å². The van der Waals surface area contributed by atoms with E-state index < -0.39 is 0 Å². The van der Waals surface area contributed by atoms with Gasteiger partial charge in [0.2, 0.25) is 12.7 Å². The quantitative estimate of drug-likeness (QED) is 0.738. The number of ether oxygens (including phenoxy) is 3. The molecule has 2 N–H and O–H groups in total. The van der Waals surface area contributed by atoms with Gasteiger partial charge in [-0.1, -0.05) is 0 Å². The van der Waals surface area contributed by atoms with Gasteiger partial charge >= 0.3 is 0 Å². The molecule has 2 aliphatic rings. The third kappa shape index (κ3) is 3.45. The average molecular weight is 358 g/mol. The molecule has 2 aliphatic heterocycles. The minimum Gasteiger partial charge on any atom is -0.492 e. The maximum atomic E-state index is 12.5. The van der Waals surface area contributed by atoms with Crippen molar-refractivity contribution in [1.29, 1.82) is 0 Å². The first-order valence-corrected chi connectivity index (χ1v) is 8.70. The number of aromatic nitrogens is 2. The van der Waals surface area contributed by atoms with Crippen LogP contribution < -0.4 is 24.8 Å². The number of hydrogen-bond donors (Lipinski definition) is 2. The van der Waals surface area contributed by atoms with Gasteiger partial charge in [-0.15, -0.1) is 0 Å². The molecule has 2 aromatic rings. The summed E-state index contributed by atoms with van der Waals surface area (Å²) >= 11 is 0. The van der Waals surface area contributed by atoms with Crippen LogP contribution >= 0.6 is 0 Å². The van der Waals surface area contributed by atoms with Crippen LogP contribution in [0.25, 0.3) is 0 Å². The highest BCUT2D eigenvalue weighted by Gasteiger charge is 2.34. The monoisotopic (exact) mass is 358 g/mol. The van der Waals surface area contributed by atoms with Gasteiger partial charge in [0.1, 0.15) is 12.4 Å². The number of aryl methyl sites for hydroxylation is 1. The zero-order valence-electron chi connectivity index (χ0n) is 14.6. The predicted octanol–water partition coefficient (Wildman–Crippen LogP) is 0.647. The summed E-state index contributed by atoms with van der Waals surface area (Å²) in [7, 11) is 1.88. The molecule has 1 fully saturated rings. The lowest BCUT2D eigenvalue weighted by Crippen LogP contribution is -2.36. The van der Waals surface area contributed by atoms with Gasteiger partial charge in [0.15, 0.2) is 11.5 Å². The maximum Gasteiger partial charge on any atom is 0.231 e. The van der Waals surface area contributed by atoms with Crippen molar-refractivity contribution in [2.45, 2.75) is 5.92 Å². The fraction of sp³-hybridized carbons (Fsp3) is 0.444. The number of benzene rings is 1. The van der Waals surface area contributed by atoms with Crippen LogP contribution in [0.1, 0.15) is 11.5 Å². The molecule has 0 radical (unpaired) electrons. The van der Waals surface area contributed by atoms with Crippen molar-refractivity contribution in [2.75, 3.05) is 33.0 Å². The van der Waals surface area contributed by atoms with Crippen LogP contribution in [0.2, 0.25) is 0 Å². The molecule has 0 bridgehead atoms. The van der Waals surface area contributed by atoms with Crippen LogP contribution in [0, 0.1) is 5.92 Å². The fourth-order valence-corrected chi connectivity index (χ4v) is 3.38. The summed E-state index contributed by atoms with van der Waals surface area (Å²) in [5.74, 6) is 2.20. The van der Waals surface area contributed by atoms with E-state index in [1.165, 1.54) is 0 Å². The molecule has 8 heteroatoms. The number of carbonyl (C=O) groups excluding carboxylic acids is 1. The maximum absolute atomic E-state index is 12.5. The van der Waals surface area contributed by atoms with E-state index in [1.807, 2.05) is 31.6 Å². The fourth-order valence-electron chi connectivity index (χ4n) is 3.38. The molecule has 0 spiro atoms. The van der Waals surface area contributed by atoms with Crippen molar-refractivity contribution < 1.29 is 19.0 Å². The summed E-state index contributed by atoms with van der Waals surface area (Å²) in [5.41, 5.74) is 1.09. The molecular weight excluding hydrogens is 336 g/mol. The van der Waals surface area contributed by atoms with Gasteiger partial charge < -0.3 is 24.8 Å². The Morgan fingerprint density at radius 3 is 3.12 bits per heavy atom. The molecule has 0 saturated carbocycles. The van der Waals surface area contributed by atoms with E-state index >= 15 is 0 Å². The Kier molecular flexibility index (Phi) is 4.66. The minimum absolute atomic E-state index is 0.0399. The third-order valence-corrected chi connectivity index (χ3v) is 4.72. The normalized spacial score (nSPS) is 21.0. The van der Waals surface area contributed by atoms with Crippen LogP contribution in [0.3, 0.4) is 0 Å². The van der Waals surface area contributed by atoms with Gasteiger partial charge in [-0.2, -0.15) is 5.10 Å². The first kappa shape index (κ1) is 16.7. The van der Waals surface area contributed by atoms with Gasteiger partial charge in [-0.25, -0.2) is 0 Å². The number of nitrogens with zero attached hydrogens (tertiary/aromatic N) is 2. The highest BCUT2D eigenvalue weighted by Crippen LogP contribution is 2.35. The van der Waals surface area contributed by atoms with Crippen molar-refractivity contribution >= 4 is 5.91 Å². The molecule has 1 amide bonds. The Hall–Kier alpha value is -2.74. The van der Waals surface area contributed by atoms with E-state index in [9.17, 15) is 4.79 Å². The SMILES string of the molecule is Cn1cc([C@H]2CNC[C@@H]2C(=O)NCCOc2ccc3c(c2)OCO3)cn1. The Bertz CT molecular complexity index is 791. The second-order valence-electron chi connectivity index (χ2n) is 6.47. The third-order valence-electron chi connectivity index (χ3n) is 4.72. The lowest BCUT2D eigenvalue weighted by atomic mass is 9.90. The van der Waals surface area contributed by atoms with Gasteiger partial charge in [-0.3, -0.25) is 9.48 Å². The van der Waals surface area contributed by atoms with E-state index in [0.717, 1.165) is 17.9 Å². The molecule has 0 aliphatic carbocycles. The topological polar surface area (TPSA) is 86.6 Å². The van der Waals surface area contributed by atoms with E-state index in [-0.39, 0.29) is 24.5 Å². The van der Waals surface area contributed by atoms with Crippen molar-refractivity contribution in [1.82, 2.24) is 20.4 Å². The molecule has 138 valence electrons. The van der Waals surface area contributed by atoms with E-state index in [4.69, 9.17) is 14.2 Å². The van der Waals surface area contributed by atoms with Gasteiger partial charge in [0.25, 0.3) is 0 Å². The molecule has 1 saturated heterocycles. The standard InChI is InChI=1S/C18H22N4O4/c1-22-10-12(7-21-22)14-8-19-9-15(14)18(23)20-4-5-24-13-2-3-16-17(6-13)26-11-25-16/h2-3,6-7,10,14-15,19H,4-5,8-9,11H2,1H3,(H,20,23)/t14-,15+/m1/s1. The van der Waals surface area contributed by atoms with E-state index in [2.05, 4.69) is 15.7 Å². The number of hydrogen-bond acceptors (Lipinski definition) is 6. The molecule has 2 atom stereocenters. The highest BCUT2D eigenvalue weighted by molar-refractivity contribution is 5.80. The summed E-state index contributed by atoms with van der Waals surface area (Å²) in [4.78, 5) is 12.5. The van der Waals surface area contributed by atoms with Crippen LogP contribution in [0.15, 0.2) is 30.6 Å². The van der Waals surface area contributed by atoms with Crippen molar-refractivity contribution in [3.05, 3.63) is 36.2 Å². The first-order chi connectivity index (χ1) is 12.7. The second-order valence-corrected chi connectivity index (χ2v) is 6.47. The Balaban J connectivity index is 1.26. The number of fused-ring (bicyclic) bond motifs is 1. The molecule has 1 aromatic carbocycles. The van der Waals surface area contributed by atoms with Crippen molar-refractivity contribution in [3.8, 4) is 17.2 Å². The largest absolute Gasteiger partial charge is 0.492 e. The zero-order chi connectivity index (χ0) is 17.9. The van der Waals surface area contributed by atoms with Crippen molar-refractivity contribution in [2.24, 2.45) is 13.0 Å². The molecule has 1 aromatic heterocycles. The first-order valence-electron chi connectivity index (χ1n) is 8.70. The molecular formula is C18H22N4O4. The molecule has 3 heterocycles. The molecule has 26 heavy (non-hydrogen) atoms. The number of rotatable bonds is 6.